The number of halogens is 4. The smallest absolute Gasteiger partial charge is 0.167 e. The van der Waals surface area contributed by atoms with Crippen molar-refractivity contribution < 1.29 is 13.6 Å². The van der Waals surface area contributed by atoms with Gasteiger partial charge in [-0.05, 0) is 30.3 Å². The Kier molecular flexibility index (Phi) is 4.47. The van der Waals surface area contributed by atoms with Gasteiger partial charge in [-0.1, -0.05) is 37.9 Å². The van der Waals surface area contributed by atoms with E-state index in [2.05, 4.69) is 31.9 Å². The number of benzene rings is 2. The standard InChI is InChI=1S/C14H8Br2F2O/c15-9-4-8(5-10(16)6-9)14(19)7-11-12(17)2-1-3-13(11)18/h1-6H,7H2. The van der Waals surface area contributed by atoms with Gasteiger partial charge in [0, 0.05) is 26.5 Å². The summed E-state index contributed by atoms with van der Waals surface area (Å²) < 4.78 is 28.4. The van der Waals surface area contributed by atoms with E-state index in [0.717, 1.165) is 21.1 Å². The third-order valence-corrected chi connectivity index (χ3v) is 3.50. The molecule has 2 rings (SSSR count). The number of hydrogen-bond donors (Lipinski definition) is 0. The summed E-state index contributed by atoms with van der Waals surface area (Å²) in [4.78, 5) is 12.0. The molecule has 2 aromatic carbocycles. The molecule has 0 spiro atoms. The summed E-state index contributed by atoms with van der Waals surface area (Å²) in [6.07, 6.45) is -0.304. The molecular formula is C14H8Br2F2O. The van der Waals surface area contributed by atoms with Crippen molar-refractivity contribution in [1.82, 2.24) is 0 Å². The summed E-state index contributed by atoms with van der Waals surface area (Å²) in [6, 6.07) is 8.57. The highest BCUT2D eigenvalue weighted by atomic mass is 79.9. The van der Waals surface area contributed by atoms with Crippen molar-refractivity contribution in [3.05, 3.63) is 68.1 Å². The summed E-state index contributed by atoms with van der Waals surface area (Å²) in [6.45, 7) is 0. The van der Waals surface area contributed by atoms with Gasteiger partial charge in [0.15, 0.2) is 5.78 Å². The zero-order chi connectivity index (χ0) is 14.0. The highest BCUT2D eigenvalue weighted by Crippen LogP contribution is 2.22. The maximum absolute atomic E-state index is 13.5. The van der Waals surface area contributed by atoms with Crippen molar-refractivity contribution in [3.63, 3.8) is 0 Å². The van der Waals surface area contributed by atoms with E-state index in [9.17, 15) is 13.6 Å². The van der Waals surface area contributed by atoms with E-state index < -0.39 is 11.6 Å². The van der Waals surface area contributed by atoms with Crippen LogP contribution in [0.15, 0.2) is 45.3 Å². The van der Waals surface area contributed by atoms with Crippen LogP contribution in [-0.4, -0.2) is 5.78 Å². The summed E-state index contributed by atoms with van der Waals surface area (Å²) >= 11 is 6.53. The molecule has 0 aliphatic heterocycles. The average Bonchev–Trinajstić information content (AvgIpc) is 2.32. The number of rotatable bonds is 3. The number of hydrogen-bond acceptors (Lipinski definition) is 1. The first-order chi connectivity index (χ1) is 8.97. The lowest BCUT2D eigenvalue weighted by Crippen LogP contribution is -2.07. The monoisotopic (exact) mass is 388 g/mol. The summed E-state index contributed by atoms with van der Waals surface area (Å²) in [7, 11) is 0. The number of carbonyl (C=O) groups excluding carboxylic acids is 1. The zero-order valence-corrected chi connectivity index (χ0v) is 12.8. The van der Waals surface area contributed by atoms with Gasteiger partial charge in [-0.2, -0.15) is 0 Å². The minimum atomic E-state index is -0.706. The lowest BCUT2D eigenvalue weighted by molar-refractivity contribution is 0.0990. The fraction of sp³-hybridized carbons (Fsp3) is 0.0714. The first-order valence-corrected chi connectivity index (χ1v) is 6.98. The van der Waals surface area contributed by atoms with Crippen LogP contribution in [-0.2, 0) is 6.42 Å². The molecule has 0 radical (unpaired) electrons. The molecule has 19 heavy (non-hydrogen) atoms. The van der Waals surface area contributed by atoms with Crippen LogP contribution < -0.4 is 0 Å². The fourth-order valence-corrected chi connectivity index (χ4v) is 2.97. The van der Waals surface area contributed by atoms with E-state index >= 15 is 0 Å². The Labute approximate surface area is 125 Å². The van der Waals surface area contributed by atoms with Crippen molar-refractivity contribution in [2.24, 2.45) is 0 Å². The highest BCUT2D eigenvalue weighted by molar-refractivity contribution is 9.11. The largest absolute Gasteiger partial charge is 0.294 e. The molecule has 0 saturated carbocycles. The third-order valence-electron chi connectivity index (χ3n) is 2.58. The quantitative estimate of drug-likeness (QED) is 0.681. The van der Waals surface area contributed by atoms with Crippen LogP contribution in [0.3, 0.4) is 0 Å². The van der Waals surface area contributed by atoms with E-state index in [0.29, 0.717) is 5.56 Å². The van der Waals surface area contributed by atoms with E-state index in [-0.39, 0.29) is 17.8 Å². The number of carbonyl (C=O) groups is 1. The molecule has 2 aromatic rings. The molecule has 0 heterocycles. The van der Waals surface area contributed by atoms with Crippen LogP contribution in [0, 0.1) is 11.6 Å². The lowest BCUT2D eigenvalue weighted by atomic mass is 10.0. The van der Waals surface area contributed by atoms with Gasteiger partial charge >= 0.3 is 0 Å². The Bertz CT molecular complexity index is 601. The SMILES string of the molecule is O=C(Cc1c(F)cccc1F)c1cc(Br)cc(Br)c1. The van der Waals surface area contributed by atoms with Crippen LogP contribution in [0.4, 0.5) is 8.78 Å². The second kappa shape index (κ2) is 5.92. The normalized spacial score (nSPS) is 10.5. The Hall–Kier alpha value is -1.07. The maximum Gasteiger partial charge on any atom is 0.167 e. The van der Waals surface area contributed by atoms with Gasteiger partial charge in [-0.15, -0.1) is 0 Å². The molecule has 0 unspecified atom stereocenters. The number of ketones is 1. The predicted octanol–water partition coefficient (Wildman–Crippen LogP) is 4.92. The molecule has 0 atom stereocenters. The van der Waals surface area contributed by atoms with E-state index in [4.69, 9.17) is 0 Å². The van der Waals surface area contributed by atoms with Crippen LogP contribution in [0.5, 0.6) is 0 Å². The Morgan fingerprint density at radius 1 is 1.00 bits per heavy atom. The van der Waals surface area contributed by atoms with Crippen molar-refractivity contribution in [1.29, 1.82) is 0 Å². The highest BCUT2D eigenvalue weighted by Gasteiger charge is 2.15. The van der Waals surface area contributed by atoms with Crippen LogP contribution in [0.25, 0.3) is 0 Å². The van der Waals surface area contributed by atoms with Crippen molar-refractivity contribution in [3.8, 4) is 0 Å². The van der Waals surface area contributed by atoms with Gasteiger partial charge in [-0.3, -0.25) is 4.79 Å². The first kappa shape index (κ1) is 14.3. The summed E-state index contributed by atoms with van der Waals surface area (Å²) in [5.41, 5.74) is 0.188. The molecule has 0 saturated heterocycles. The van der Waals surface area contributed by atoms with Crippen LogP contribution in [0.2, 0.25) is 0 Å². The second-order valence-electron chi connectivity index (χ2n) is 3.96. The Morgan fingerprint density at radius 3 is 2.05 bits per heavy atom. The molecule has 0 amide bonds. The van der Waals surface area contributed by atoms with Gasteiger partial charge in [-0.25, -0.2) is 8.78 Å². The van der Waals surface area contributed by atoms with E-state index in [1.54, 1.807) is 18.2 Å². The van der Waals surface area contributed by atoms with Gasteiger partial charge in [0.1, 0.15) is 11.6 Å². The molecule has 0 fully saturated rings. The molecule has 0 aliphatic carbocycles. The predicted molar refractivity (Wildman–Crippen MR) is 76.2 cm³/mol. The maximum atomic E-state index is 13.5. The first-order valence-electron chi connectivity index (χ1n) is 5.39. The zero-order valence-electron chi connectivity index (χ0n) is 9.59. The number of Topliss-reactive ketones (excluding diaryl/α,β-unsaturated/α-hetero) is 1. The van der Waals surface area contributed by atoms with Gasteiger partial charge in [0.25, 0.3) is 0 Å². The van der Waals surface area contributed by atoms with Crippen molar-refractivity contribution >= 4 is 37.6 Å². The third kappa shape index (κ3) is 3.48. The van der Waals surface area contributed by atoms with Gasteiger partial charge < -0.3 is 0 Å². The van der Waals surface area contributed by atoms with Gasteiger partial charge in [0.05, 0.1) is 0 Å². The molecule has 0 aromatic heterocycles. The van der Waals surface area contributed by atoms with Crippen LogP contribution >= 0.6 is 31.9 Å². The van der Waals surface area contributed by atoms with Crippen LogP contribution in [0.1, 0.15) is 15.9 Å². The lowest BCUT2D eigenvalue weighted by Gasteiger charge is -2.05. The minimum absolute atomic E-state index is 0.205. The Morgan fingerprint density at radius 2 is 1.53 bits per heavy atom. The van der Waals surface area contributed by atoms with E-state index in [1.165, 1.54) is 6.07 Å². The molecular weight excluding hydrogens is 382 g/mol. The topological polar surface area (TPSA) is 17.1 Å². The Balaban J connectivity index is 2.31. The van der Waals surface area contributed by atoms with Crippen molar-refractivity contribution in [2.45, 2.75) is 6.42 Å². The van der Waals surface area contributed by atoms with Crippen molar-refractivity contribution in [2.75, 3.05) is 0 Å². The molecule has 0 aliphatic rings. The average molecular weight is 390 g/mol. The molecule has 0 bridgehead atoms. The summed E-state index contributed by atoms with van der Waals surface area (Å²) in [5, 5.41) is 0. The van der Waals surface area contributed by atoms with Gasteiger partial charge in [0.2, 0.25) is 0 Å². The second-order valence-corrected chi connectivity index (χ2v) is 5.79. The molecule has 0 N–H and O–H groups in total. The molecule has 5 heteroatoms. The van der Waals surface area contributed by atoms with E-state index in [1.807, 2.05) is 0 Å². The fourth-order valence-electron chi connectivity index (χ4n) is 1.68. The summed E-state index contributed by atoms with van der Waals surface area (Å²) in [5.74, 6) is -1.75. The molecule has 1 nitrogen and oxygen atoms in total. The molecule has 98 valence electrons. The minimum Gasteiger partial charge on any atom is -0.294 e.